The molecule has 0 saturated carbocycles. The van der Waals surface area contributed by atoms with Crippen LogP contribution >= 0.6 is 0 Å². The van der Waals surface area contributed by atoms with Gasteiger partial charge in [0, 0.05) is 30.5 Å². The predicted octanol–water partition coefficient (Wildman–Crippen LogP) is 3.60. The summed E-state index contributed by atoms with van der Waals surface area (Å²) >= 11 is 0. The maximum atomic E-state index is 13.7. The fourth-order valence-corrected chi connectivity index (χ4v) is 3.64. The Labute approximate surface area is 178 Å². The summed E-state index contributed by atoms with van der Waals surface area (Å²) in [6, 6.07) is 12.2. The van der Waals surface area contributed by atoms with Gasteiger partial charge in [-0.3, -0.25) is 0 Å². The van der Waals surface area contributed by atoms with Crippen LogP contribution in [0.3, 0.4) is 0 Å². The Bertz CT molecular complexity index is 1230. The molecule has 0 aliphatic carbocycles. The van der Waals surface area contributed by atoms with E-state index in [4.69, 9.17) is 4.74 Å². The number of fused-ring (bicyclic) bond motifs is 1. The monoisotopic (exact) mass is 420 g/mol. The molecule has 0 spiro atoms. The van der Waals surface area contributed by atoms with E-state index in [9.17, 15) is 4.39 Å². The highest BCUT2D eigenvalue weighted by molar-refractivity contribution is 5.64. The van der Waals surface area contributed by atoms with E-state index in [1.54, 1.807) is 24.2 Å². The second-order valence-corrected chi connectivity index (χ2v) is 7.19. The van der Waals surface area contributed by atoms with Crippen molar-refractivity contribution < 1.29 is 9.13 Å². The first-order chi connectivity index (χ1) is 15.1. The molecular formula is C21H21FN8O. The minimum Gasteiger partial charge on any atom is -0.494 e. The fourth-order valence-electron chi connectivity index (χ4n) is 3.64. The third kappa shape index (κ3) is 3.67. The van der Waals surface area contributed by atoms with Crippen molar-refractivity contribution in [2.45, 2.75) is 19.9 Å². The molecule has 2 aromatic heterocycles. The highest BCUT2D eigenvalue weighted by Crippen LogP contribution is 2.31. The van der Waals surface area contributed by atoms with Gasteiger partial charge in [0.2, 0.25) is 11.9 Å². The van der Waals surface area contributed by atoms with Gasteiger partial charge in [0.25, 0.3) is 0 Å². The molecule has 0 amide bonds. The number of methoxy groups -OCH3 is 1. The molecule has 3 heterocycles. The van der Waals surface area contributed by atoms with Gasteiger partial charge in [-0.1, -0.05) is 6.07 Å². The van der Waals surface area contributed by atoms with E-state index in [-0.39, 0.29) is 5.82 Å². The fraction of sp³-hybridized carbons (Fsp3) is 0.238. The Kier molecular flexibility index (Phi) is 4.73. The van der Waals surface area contributed by atoms with E-state index in [1.807, 2.05) is 40.8 Å². The van der Waals surface area contributed by atoms with Crippen molar-refractivity contribution in [1.82, 2.24) is 29.5 Å². The summed E-state index contributed by atoms with van der Waals surface area (Å²) < 4.78 is 22.8. The topological polar surface area (TPSA) is 85.9 Å². The summed E-state index contributed by atoms with van der Waals surface area (Å²) in [6.07, 6.45) is 2.54. The van der Waals surface area contributed by atoms with Gasteiger partial charge >= 0.3 is 0 Å². The van der Waals surface area contributed by atoms with Crippen LogP contribution in [-0.2, 0) is 6.54 Å². The van der Waals surface area contributed by atoms with Crippen LogP contribution in [0.15, 0.2) is 48.8 Å². The first kappa shape index (κ1) is 19.0. The lowest BCUT2D eigenvalue weighted by atomic mass is 10.2. The number of hydrogen-bond acceptors (Lipinski definition) is 7. The molecule has 5 rings (SSSR count). The van der Waals surface area contributed by atoms with Crippen molar-refractivity contribution in [3.8, 4) is 11.4 Å². The summed E-state index contributed by atoms with van der Waals surface area (Å²) in [5.41, 5.74) is 2.31. The van der Waals surface area contributed by atoms with Gasteiger partial charge in [0.1, 0.15) is 29.4 Å². The third-order valence-corrected chi connectivity index (χ3v) is 5.05. The molecule has 9 nitrogen and oxygen atoms in total. The second kappa shape index (κ2) is 7.71. The van der Waals surface area contributed by atoms with Gasteiger partial charge in [-0.2, -0.15) is 10.1 Å². The van der Waals surface area contributed by atoms with Gasteiger partial charge in [-0.25, -0.2) is 18.7 Å². The van der Waals surface area contributed by atoms with Crippen LogP contribution in [0.1, 0.15) is 12.2 Å². The standard InChI is InChI=1S/C21H21FN8O/c1-14-23-13-30(26-14)18-8-7-16(12-19(18)31-2)24-20-25-21-28(9-4-10-29(21)27-20)17-6-3-5-15(22)11-17/h3,5-8,11-13H,4,9-10H2,1-2H3,(H,24,27). The van der Waals surface area contributed by atoms with Crippen molar-refractivity contribution in [2.24, 2.45) is 0 Å². The van der Waals surface area contributed by atoms with E-state index in [0.717, 1.165) is 36.6 Å². The lowest BCUT2D eigenvalue weighted by Gasteiger charge is -2.27. The average molecular weight is 420 g/mol. The zero-order chi connectivity index (χ0) is 21.4. The summed E-state index contributed by atoms with van der Waals surface area (Å²) in [6.45, 7) is 3.34. The van der Waals surface area contributed by atoms with Crippen molar-refractivity contribution >= 4 is 23.3 Å². The molecule has 10 heteroatoms. The molecule has 0 saturated heterocycles. The summed E-state index contributed by atoms with van der Waals surface area (Å²) in [7, 11) is 1.61. The SMILES string of the molecule is COc1cc(Nc2nc3n(n2)CCCN3c2cccc(F)c2)ccc1-n1cnc(C)n1. The van der Waals surface area contributed by atoms with E-state index in [2.05, 4.69) is 25.5 Å². The molecule has 2 aromatic carbocycles. The van der Waals surface area contributed by atoms with E-state index in [1.165, 1.54) is 12.1 Å². The largest absolute Gasteiger partial charge is 0.494 e. The van der Waals surface area contributed by atoms with Gasteiger partial charge in [-0.05, 0) is 43.7 Å². The van der Waals surface area contributed by atoms with Crippen LogP contribution in [0.4, 0.5) is 27.7 Å². The molecule has 0 radical (unpaired) electrons. The van der Waals surface area contributed by atoms with Gasteiger partial charge < -0.3 is 15.0 Å². The van der Waals surface area contributed by atoms with E-state index < -0.39 is 0 Å². The van der Waals surface area contributed by atoms with Crippen molar-refractivity contribution in [3.63, 3.8) is 0 Å². The number of hydrogen-bond donors (Lipinski definition) is 1. The van der Waals surface area contributed by atoms with E-state index >= 15 is 0 Å². The molecule has 0 unspecified atom stereocenters. The number of nitrogens with zero attached hydrogens (tertiary/aromatic N) is 7. The molecular weight excluding hydrogens is 399 g/mol. The van der Waals surface area contributed by atoms with Gasteiger partial charge in [-0.15, -0.1) is 5.10 Å². The highest BCUT2D eigenvalue weighted by atomic mass is 19.1. The summed E-state index contributed by atoms with van der Waals surface area (Å²) in [5.74, 6) is 2.19. The number of rotatable bonds is 5. The Hall–Kier alpha value is -3.95. The van der Waals surface area contributed by atoms with Crippen molar-refractivity contribution in [3.05, 3.63) is 60.4 Å². The average Bonchev–Trinajstić information content (AvgIpc) is 3.39. The maximum absolute atomic E-state index is 13.7. The molecule has 0 atom stereocenters. The molecule has 1 N–H and O–H groups in total. The van der Waals surface area contributed by atoms with Gasteiger partial charge in [0.05, 0.1) is 7.11 Å². The number of aryl methyl sites for hydroxylation is 2. The summed E-state index contributed by atoms with van der Waals surface area (Å²) in [4.78, 5) is 10.8. The van der Waals surface area contributed by atoms with Crippen LogP contribution in [-0.4, -0.2) is 43.2 Å². The third-order valence-electron chi connectivity index (χ3n) is 5.05. The molecule has 0 fully saturated rings. The van der Waals surface area contributed by atoms with Crippen LogP contribution in [0.5, 0.6) is 5.75 Å². The molecule has 1 aliphatic heterocycles. The van der Waals surface area contributed by atoms with Crippen LogP contribution in [0.25, 0.3) is 5.69 Å². The molecule has 31 heavy (non-hydrogen) atoms. The number of benzene rings is 2. The van der Waals surface area contributed by atoms with Crippen molar-refractivity contribution in [1.29, 1.82) is 0 Å². The second-order valence-electron chi connectivity index (χ2n) is 7.19. The minimum absolute atomic E-state index is 0.276. The zero-order valence-electron chi connectivity index (χ0n) is 17.2. The van der Waals surface area contributed by atoms with Gasteiger partial charge in [0.15, 0.2) is 0 Å². The Morgan fingerprint density at radius 1 is 1.10 bits per heavy atom. The van der Waals surface area contributed by atoms with Crippen LogP contribution in [0.2, 0.25) is 0 Å². The first-order valence-electron chi connectivity index (χ1n) is 9.92. The zero-order valence-corrected chi connectivity index (χ0v) is 17.2. The lowest BCUT2D eigenvalue weighted by Crippen LogP contribution is -2.28. The Morgan fingerprint density at radius 3 is 2.77 bits per heavy atom. The number of nitrogens with one attached hydrogen (secondary N) is 1. The lowest BCUT2D eigenvalue weighted by molar-refractivity contribution is 0.412. The normalized spacial score (nSPS) is 13.2. The summed E-state index contributed by atoms with van der Waals surface area (Å²) in [5, 5.41) is 12.1. The van der Waals surface area contributed by atoms with Crippen LogP contribution < -0.4 is 15.0 Å². The Morgan fingerprint density at radius 2 is 2.00 bits per heavy atom. The first-order valence-corrected chi connectivity index (χ1v) is 9.92. The molecule has 158 valence electrons. The maximum Gasteiger partial charge on any atom is 0.248 e. The number of anilines is 4. The van der Waals surface area contributed by atoms with Crippen molar-refractivity contribution in [2.75, 3.05) is 23.9 Å². The van der Waals surface area contributed by atoms with E-state index in [0.29, 0.717) is 23.5 Å². The molecule has 0 bridgehead atoms. The smallest absolute Gasteiger partial charge is 0.248 e. The number of ether oxygens (including phenoxy) is 1. The van der Waals surface area contributed by atoms with Crippen LogP contribution in [0, 0.1) is 12.7 Å². The quantitative estimate of drug-likeness (QED) is 0.528. The highest BCUT2D eigenvalue weighted by Gasteiger charge is 2.23. The molecule has 4 aromatic rings. The predicted molar refractivity (Wildman–Crippen MR) is 114 cm³/mol. The Balaban J connectivity index is 1.42. The number of aromatic nitrogens is 6. The minimum atomic E-state index is -0.276. The number of halogens is 1. The molecule has 1 aliphatic rings.